The van der Waals surface area contributed by atoms with Crippen LogP contribution in [0.4, 0.5) is 0 Å². The van der Waals surface area contributed by atoms with Crippen molar-refractivity contribution in [2.24, 2.45) is 0 Å². The van der Waals surface area contributed by atoms with Crippen molar-refractivity contribution in [3.63, 3.8) is 0 Å². The van der Waals surface area contributed by atoms with E-state index in [4.69, 9.17) is 42.3 Å². The third kappa shape index (κ3) is 10.4. The fourth-order valence-corrected chi connectivity index (χ4v) is 7.01. The highest BCUT2D eigenvalue weighted by molar-refractivity contribution is 5.92. The number of rotatable bonds is 15. The normalized spacial score (nSPS) is 17.8. The van der Waals surface area contributed by atoms with E-state index in [-0.39, 0.29) is 51.7 Å². The molecule has 5 atom stereocenters. The van der Waals surface area contributed by atoms with Gasteiger partial charge < -0.3 is 42.3 Å². The second-order valence-corrected chi connectivity index (χ2v) is 14.5. The van der Waals surface area contributed by atoms with Gasteiger partial charge >= 0.3 is 29.5 Å². The van der Waals surface area contributed by atoms with Crippen LogP contribution in [0, 0.1) is 0 Å². The van der Waals surface area contributed by atoms with Gasteiger partial charge in [0, 0.05) is 6.07 Å². The summed E-state index contributed by atoms with van der Waals surface area (Å²) in [5.74, 6) is -3.34. The lowest BCUT2D eigenvalue weighted by Gasteiger charge is -2.44. The van der Waals surface area contributed by atoms with E-state index in [1.165, 1.54) is 55.6 Å². The number of hydrogen-bond acceptors (Lipinski definition) is 14. The maximum absolute atomic E-state index is 14.0. The van der Waals surface area contributed by atoms with E-state index in [1.54, 1.807) is 91.0 Å². The third-order valence-corrected chi connectivity index (χ3v) is 10.2. The van der Waals surface area contributed by atoms with Gasteiger partial charge in [-0.05, 0) is 66.2 Å². The van der Waals surface area contributed by atoms with Crippen LogP contribution in [0.15, 0.2) is 179 Å². The van der Waals surface area contributed by atoms with E-state index in [2.05, 4.69) is 0 Å². The summed E-state index contributed by atoms with van der Waals surface area (Å²) in [7, 11) is 1.32. The van der Waals surface area contributed by atoms with Crippen molar-refractivity contribution in [1.29, 1.82) is 0 Å². The molecule has 0 saturated carbocycles. The molecular formula is C51H40O14. The summed E-state index contributed by atoms with van der Waals surface area (Å²) >= 11 is 0. The van der Waals surface area contributed by atoms with Crippen molar-refractivity contribution in [2.45, 2.75) is 37.3 Å². The quantitative estimate of drug-likeness (QED) is 0.0551. The second-order valence-electron chi connectivity index (χ2n) is 14.5. The van der Waals surface area contributed by atoms with E-state index in [0.29, 0.717) is 5.39 Å². The molecule has 1 aliphatic rings. The van der Waals surface area contributed by atoms with Crippen LogP contribution in [0.3, 0.4) is 0 Å². The summed E-state index contributed by atoms with van der Waals surface area (Å²) in [4.78, 5) is 68.4. The van der Waals surface area contributed by atoms with Crippen molar-refractivity contribution in [2.75, 3.05) is 13.7 Å². The van der Waals surface area contributed by atoms with Gasteiger partial charge in [0.25, 0.3) is 0 Å². The van der Waals surface area contributed by atoms with E-state index in [1.807, 2.05) is 30.3 Å². The summed E-state index contributed by atoms with van der Waals surface area (Å²) in [6.45, 7) is -0.457. The highest BCUT2D eigenvalue weighted by Gasteiger charge is 2.54. The summed E-state index contributed by atoms with van der Waals surface area (Å²) in [6, 6.07) is 46.0. The number of carbonyl (C=O) groups excluding carboxylic acids is 4. The lowest BCUT2D eigenvalue weighted by Crippen LogP contribution is -2.63. The third-order valence-electron chi connectivity index (χ3n) is 10.2. The zero-order chi connectivity index (χ0) is 45.1. The van der Waals surface area contributed by atoms with E-state index in [0.717, 1.165) is 5.56 Å². The first-order valence-corrected chi connectivity index (χ1v) is 20.4. The first-order chi connectivity index (χ1) is 31.7. The summed E-state index contributed by atoms with van der Waals surface area (Å²) < 4.78 is 54.2. The van der Waals surface area contributed by atoms with Crippen molar-refractivity contribution < 1.29 is 61.5 Å². The molecule has 0 bridgehead atoms. The number of methoxy groups -OCH3 is 1. The topological polar surface area (TPSA) is 172 Å². The predicted octanol–water partition coefficient (Wildman–Crippen LogP) is 8.02. The SMILES string of the molecule is COc1c(OCc2ccccc2)c2ccc(O[C@@H]3O[C@H](COC(=O)c4ccccc4)[C@H](OC(=O)c4ccccc4)[C@H](OC(=O)c4ccccc4)[C@H]3OC(=O)c3ccccc3)cc2oc1=O. The van der Waals surface area contributed by atoms with Gasteiger partial charge in [0.15, 0.2) is 18.0 Å². The lowest BCUT2D eigenvalue weighted by molar-refractivity contribution is -0.275. The lowest BCUT2D eigenvalue weighted by atomic mass is 9.97. The Balaban J connectivity index is 1.21. The van der Waals surface area contributed by atoms with Gasteiger partial charge in [0.05, 0.1) is 34.7 Å². The van der Waals surface area contributed by atoms with Crippen LogP contribution in [0.1, 0.15) is 47.0 Å². The number of esters is 4. The highest BCUT2D eigenvalue weighted by Crippen LogP contribution is 2.37. The molecule has 0 unspecified atom stereocenters. The number of ether oxygens (including phenoxy) is 8. The molecular weight excluding hydrogens is 837 g/mol. The molecule has 6 aromatic carbocycles. The van der Waals surface area contributed by atoms with E-state index in [9.17, 15) is 24.0 Å². The monoisotopic (exact) mass is 876 g/mol. The Morgan fingerprint density at radius 2 is 1.02 bits per heavy atom. The Labute approximate surface area is 371 Å². The molecule has 14 nitrogen and oxygen atoms in total. The van der Waals surface area contributed by atoms with Crippen LogP contribution >= 0.6 is 0 Å². The minimum Gasteiger partial charge on any atom is -0.487 e. The molecule has 0 amide bonds. The van der Waals surface area contributed by atoms with Crippen molar-refractivity contribution >= 4 is 34.8 Å². The van der Waals surface area contributed by atoms with Crippen molar-refractivity contribution in [3.8, 4) is 17.2 Å². The van der Waals surface area contributed by atoms with E-state index >= 15 is 0 Å². The van der Waals surface area contributed by atoms with Gasteiger partial charge in [0.2, 0.25) is 18.1 Å². The summed E-state index contributed by atoms with van der Waals surface area (Å²) in [5.41, 5.74) is 0.631. The Morgan fingerprint density at radius 1 is 0.538 bits per heavy atom. The minimum absolute atomic E-state index is 0.0264. The summed E-state index contributed by atoms with van der Waals surface area (Å²) in [5, 5.41) is 0.356. The van der Waals surface area contributed by atoms with Crippen LogP contribution in [-0.4, -0.2) is 68.3 Å². The first kappa shape index (κ1) is 43.4. The molecule has 7 aromatic rings. The molecule has 328 valence electrons. The van der Waals surface area contributed by atoms with Gasteiger partial charge in [0.1, 0.15) is 30.7 Å². The Bertz CT molecular complexity index is 2800. The van der Waals surface area contributed by atoms with E-state index < -0.39 is 66.8 Å². The number of carbonyl (C=O) groups is 4. The van der Waals surface area contributed by atoms with Crippen LogP contribution in [0.5, 0.6) is 17.2 Å². The van der Waals surface area contributed by atoms with Crippen molar-refractivity contribution in [3.05, 3.63) is 208 Å². The first-order valence-electron chi connectivity index (χ1n) is 20.4. The number of benzene rings is 6. The Hall–Kier alpha value is -8.23. The average Bonchev–Trinajstić information content (AvgIpc) is 3.35. The number of fused-ring (bicyclic) bond motifs is 1. The largest absolute Gasteiger partial charge is 0.487 e. The second kappa shape index (κ2) is 20.3. The van der Waals surface area contributed by atoms with Gasteiger partial charge in [-0.1, -0.05) is 103 Å². The molecule has 1 aliphatic heterocycles. The molecule has 1 aromatic heterocycles. The molecule has 1 saturated heterocycles. The zero-order valence-electron chi connectivity index (χ0n) is 34.7. The van der Waals surface area contributed by atoms with Crippen LogP contribution < -0.4 is 19.8 Å². The molecule has 2 heterocycles. The molecule has 0 radical (unpaired) electrons. The van der Waals surface area contributed by atoms with Crippen molar-refractivity contribution in [1.82, 2.24) is 0 Å². The zero-order valence-corrected chi connectivity index (χ0v) is 34.7. The van der Waals surface area contributed by atoms with Gasteiger partial charge in [-0.15, -0.1) is 0 Å². The molecule has 0 spiro atoms. The maximum Gasteiger partial charge on any atom is 0.383 e. The molecule has 0 aliphatic carbocycles. The minimum atomic E-state index is -1.67. The molecule has 14 heteroatoms. The van der Waals surface area contributed by atoms with Crippen LogP contribution in [0.2, 0.25) is 0 Å². The standard InChI is InChI=1S/C51H40O14/c1-57-44-41(58-30-32-17-7-2-8-18-32)38-28-27-37(29-39(38)61-50(44)56)60-51-45(65-49(55)36-25-15-6-16-26-36)43(64-48(54)35-23-13-5-14-24-35)42(63-47(53)34-21-11-4-12-22-34)40(62-51)31-59-46(52)33-19-9-3-10-20-33/h2-29,40,42-43,45,51H,30-31H2,1H3/t40-,42+,43+,45-,51-/m1/s1. The average molecular weight is 877 g/mol. The smallest absolute Gasteiger partial charge is 0.383 e. The fourth-order valence-electron chi connectivity index (χ4n) is 7.01. The van der Waals surface area contributed by atoms with Gasteiger partial charge in [-0.3, -0.25) is 0 Å². The van der Waals surface area contributed by atoms with Gasteiger partial charge in [-0.2, -0.15) is 0 Å². The highest BCUT2D eigenvalue weighted by atomic mass is 16.7. The summed E-state index contributed by atoms with van der Waals surface area (Å²) in [6.07, 6.45) is -8.00. The molecule has 1 fully saturated rings. The Kier molecular flexibility index (Phi) is 13.6. The molecule has 65 heavy (non-hydrogen) atoms. The van der Waals surface area contributed by atoms with Gasteiger partial charge in [-0.25, -0.2) is 24.0 Å². The van der Waals surface area contributed by atoms with Crippen LogP contribution in [0.25, 0.3) is 11.0 Å². The Morgan fingerprint density at radius 3 is 1.54 bits per heavy atom. The fraction of sp³-hybridized carbons (Fsp3) is 0.157. The maximum atomic E-state index is 14.0. The molecule has 8 rings (SSSR count). The predicted molar refractivity (Wildman–Crippen MR) is 233 cm³/mol. The number of hydrogen-bond donors (Lipinski definition) is 0. The van der Waals surface area contributed by atoms with Crippen LogP contribution in [-0.2, 0) is 30.3 Å². The molecule has 0 N–H and O–H groups in total.